The number of nitrogens with zero attached hydrogens (tertiary/aromatic N) is 2. The highest BCUT2D eigenvalue weighted by molar-refractivity contribution is 5.50. The van der Waals surface area contributed by atoms with Crippen molar-refractivity contribution in [1.29, 1.82) is 0 Å². The third-order valence-electron chi connectivity index (χ3n) is 5.33. The summed E-state index contributed by atoms with van der Waals surface area (Å²) >= 11 is 0. The maximum atomic E-state index is 4.96. The first-order valence-corrected chi connectivity index (χ1v) is 9.61. The van der Waals surface area contributed by atoms with Gasteiger partial charge in [0, 0.05) is 18.3 Å². The molecule has 2 heterocycles. The number of piperidine rings is 1. The van der Waals surface area contributed by atoms with Gasteiger partial charge < -0.3 is 0 Å². The zero-order valence-corrected chi connectivity index (χ0v) is 15.2. The highest BCUT2D eigenvalue weighted by Gasteiger charge is 2.17. The van der Waals surface area contributed by atoms with E-state index >= 15 is 0 Å². The topological polar surface area (TPSA) is 15.6 Å². The van der Waals surface area contributed by atoms with Crippen molar-refractivity contribution < 1.29 is 0 Å². The lowest BCUT2D eigenvalue weighted by Gasteiger charge is -2.28. The minimum atomic E-state index is 0.560. The van der Waals surface area contributed by atoms with E-state index in [9.17, 15) is 0 Å². The number of hydrogen-bond acceptors (Lipinski definition) is 2. The summed E-state index contributed by atoms with van der Waals surface area (Å²) in [6.07, 6.45) is 7.69. The van der Waals surface area contributed by atoms with E-state index in [-0.39, 0.29) is 0 Å². The van der Waals surface area contributed by atoms with Gasteiger partial charge in [-0.2, -0.15) is 0 Å². The molecule has 1 aromatic rings. The molecule has 2 aliphatic heterocycles. The minimum Gasteiger partial charge on any atom is -0.299 e. The second-order valence-corrected chi connectivity index (χ2v) is 7.51. The summed E-state index contributed by atoms with van der Waals surface area (Å²) in [5.74, 6) is 0.560. The Labute approximate surface area is 141 Å². The molecule has 126 valence electrons. The van der Waals surface area contributed by atoms with Crippen molar-refractivity contribution >= 4 is 5.57 Å². The molecule has 2 aliphatic rings. The van der Waals surface area contributed by atoms with Crippen LogP contribution in [0.3, 0.4) is 0 Å². The van der Waals surface area contributed by atoms with Crippen LogP contribution in [0.25, 0.3) is 5.57 Å². The molecule has 2 heteroatoms. The first-order chi connectivity index (χ1) is 11.2. The summed E-state index contributed by atoms with van der Waals surface area (Å²) in [4.78, 5) is 7.62. The Morgan fingerprint density at radius 2 is 1.91 bits per heavy atom. The predicted octanol–water partition coefficient (Wildman–Crippen LogP) is 3.42. The molecule has 1 saturated heterocycles. The number of rotatable bonds is 5. The largest absolute Gasteiger partial charge is 0.299 e. The fourth-order valence-electron chi connectivity index (χ4n) is 4.23. The third-order valence-corrected chi connectivity index (χ3v) is 5.33. The minimum absolute atomic E-state index is 0.560. The average Bonchev–Trinajstić information content (AvgIpc) is 2.55. The van der Waals surface area contributed by atoms with Gasteiger partial charge in [-0.05, 0) is 61.4 Å². The summed E-state index contributed by atoms with van der Waals surface area (Å²) < 4.78 is 0. The van der Waals surface area contributed by atoms with E-state index in [4.69, 9.17) is 4.99 Å². The van der Waals surface area contributed by atoms with Gasteiger partial charge in [0.1, 0.15) is 0 Å². The Kier molecular flexibility index (Phi) is 5.53. The van der Waals surface area contributed by atoms with Crippen LogP contribution in [0.4, 0.5) is 0 Å². The van der Waals surface area contributed by atoms with Crippen LogP contribution in [0, 0.1) is 0 Å². The maximum absolute atomic E-state index is 4.96. The molecule has 0 unspecified atom stereocenters. The van der Waals surface area contributed by atoms with Crippen LogP contribution >= 0.6 is 0 Å². The molecule has 0 saturated carbocycles. The Balaban J connectivity index is 2.03. The van der Waals surface area contributed by atoms with Gasteiger partial charge in [0.15, 0.2) is 0 Å². The predicted molar refractivity (Wildman–Crippen MR) is 98.5 cm³/mol. The number of aryl methyl sites for hydroxylation is 1. The molecule has 0 N–H and O–H groups in total. The van der Waals surface area contributed by atoms with Crippen LogP contribution in [0.5, 0.6) is 0 Å². The highest BCUT2D eigenvalue weighted by atomic mass is 15.1. The highest BCUT2D eigenvalue weighted by Crippen LogP contribution is 2.18. The van der Waals surface area contributed by atoms with Gasteiger partial charge in [0.05, 0.1) is 5.36 Å². The molecule has 3 rings (SSSR count). The van der Waals surface area contributed by atoms with Crippen molar-refractivity contribution in [1.82, 2.24) is 4.90 Å². The lowest BCUT2D eigenvalue weighted by Crippen LogP contribution is -2.40. The summed E-state index contributed by atoms with van der Waals surface area (Å²) in [6.45, 7) is 11.6. The fraction of sp³-hybridized carbons (Fsp3) is 0.667. The Hall–Kier alpha value is -1.15. The normalized spacial score (nSPS) is 18.9. The van der Waals surface area contributed by atoms with Gasteiger partial charge in [-0.15, -0.1) is 0 Å². The second kappa shape index (κ2) is 7.61. The smallest absolute Gasteiger partial charge is 0.0684 e. The molecule has 0 spiro atoms. The van der Waals surface area contributed by atoms with Crippen molar-refractivity contribution in [3.05, 3.63) is 33.8 Å². The Bertz CT molecular complexity index is 651. The van der Waals surface area contributed by atoms with E-state index in [0.29, 0.717) is 5.92 Å². The van der Waals surface area contributed by atoms with Gasteiger partial charge in [0.2, 0.25) is 0 Å². The van der Waals surface area contributed by atoms with Crippen molar-refractivity contribution in [3.8, 4) is 0 Å². The van der Waals surface area contributed by atoms with Crippen LogP contribution in [0.2, 0.25) is 0 Å². The van der Waals surface area contributed by atoms with Crippen LogP contribution < -0.4 is 10.6 Å². The Morgan fingerprint density at radius 1 is 1.13 bits per heavy atom. The first kappa shape index (κ1) is 16.7. The van der Waals surface area contributed by atoms with Crippen LogP contribution in [0.1, 0.15) is 69.9 Å². The lowest BCUT2D eigenvalue weighted by molar-refractivity contribution is 0.253. The zero-order chi connectivity index (χ0) is 16.2. The van der Waals surface area contributed by atoms with E-state index in [0.717, 1.165) is 19.5 Å². The molecule has 23 heavy (non-hydrogen) atoms. The van der Waals surface area contributed by atoms with E-state index in [1.807, 2.05) is 0 Å². The summed E-state index contributed by atoms with van der Waals surface area (Å²) in [7, 11) is 0. The van der Waals surface area contributed by atoms with E-state index in [1.165, 1.54) is 66.9 Å². The van der Waals surface area contributed by atoms with Crippen LogP contribution in [-0.2, 0) is 6.42 Å². The van der Waals surface area contributed by atoms with Gasteiger partial charge in [-0.25, -0.2) is 0 Å². The summed E-state index contributed by atoms with van der Waals surface area (Å²) in [6, 6.07) is 4.75. The van der Waals surface area contributed by atoms with E-state index in [1.54, 1.807) is 5.57 Å². The molecule has 0 radical (unpaired) electrons. The second-order valence-electron chi connectivity index (χ2n) is 7.51. The number of fused-ring (bicyclic) bond motifs is 1. The monoisotopic (exact) mass is 312 g/mol. The fourth-order valence-corrected chi connectivity index (χ4v) is 4.23. The molecule has 0 aromatic heterocycles. The van der Waals surface area contributed by atoms with Crippen LogP contribution in [-0.4, -0.2) is 31.1 Å². The number of likely N-dealkylation sites (tertiary alicyclic amines) is 1. The average molecular weight is 313 g/mol. The molecule has 0 atom stereocenters. The molecular formula is C21H32N2. The SMILES string of the molecule is CCCc1ccc2c(c1C(C)C)=NCCC=2CN1CCCCC1. The first-order valence-electron chi connectivity index (χ1n) is 9.61. The zero-order valence-electron chi connectivity index (χ0n) is 15.2. The molecular weight excluding hydrogens is 280 g/mol. The molecule has 0 aliphatic carbocycles. The third kappa shape index (κ3) is 3.68. The maximum Gasteiger partial charge on any atom is 0.0684 e. The van der Waals surface area contributed by atoms with Gasteiger partial charge in [-0.1, -0.05) is 45.7 Å². The number of benzene rings is 1. The van der Waals surface area contributed by atoms with Crippen molar-refractivity contribution in [2.45, 2.75) is 65.2 Å². The van der Waals surface area contributed by atoms with Crippen molar-refractivity contribution in [2.75, 3.05) is 26.2 Å². The van der Waals surface area contributed by atoms with Gasteiger partial charge in [0.25, 0.3) is 0 Å². The summed E-state index contributed by atoms with van der Waals surface area (Å²) in [5, 5.41) is 2.77. The number of hydrogen-bond donors (Lipinski definition) is 0. The standard InChI is InChI=1S/C21H32N2/c1-4-8-17-9-10-19-18(15-23-13-6-5-7-14-23)11-12-22-21(19)20(17)16(2)3/h9-10,16H,4-8,11-15H2,1-3H3. The molecule has 1 aromatic carbocycles. The van der Waals surface area contributed by atoms with Gasteiger partial charge >= 0.3 is 0 Å². The van der Waals surface area contributed by atoms with Crippen molar-refractivity contribution in [3.63, 3.8) is 0 Å². The molecule has 0 amide bonds. The quantitative estimate of drug-likeness (QED) is 0.813. The lowest BCUT2D eigenvalue weighted by atomic mass is 9.90. The Morgan fingerprint density at radius 3 is 2.61 bits per heavy atom. The van der Waals surface area contributed by atoms with E-state index < -0.39 is 0 Å². The van der Waals surface area contributed by atoms with Gasteiger partial charge in [-0.3, -0.25) is 9.89 Å². The molecule has 2 nitrogen and oxygen atoms in total. The molecule has 0 bridgehead atoms. The van der Waals surface area contributed by atoms with Crippen LogP contribution in [0.15, 0.2) is 17.1 Å². The molecule has 1 fully saturated rings. The summed E-state index contributed by atoms with van der Waals surface area (Å²) in [5.41, 5.74) is 4.66. The van der Waals surface area contributed by atoms with E-state index in [2.05, 4.69) is 37.8 Å². The van der Waals surface area contributed by atoms with Crippen molar-refractivity contribution in [2.24, 2.45) is 4.99 Å².